The van der Waals surface area contributed by atoms with Crippen LogP contribution in [0.5, 0.6) is 11.5 Å². The molecule has 8 heteroatoms. The third-order valence-electron chi connectivity index (χ3n) is 5.68. The molecule has 1 aromatic heterocycles. The number of unbranched alkanes of at least 4 members (excludes halogenated alkanes) is 1. The number of aromatic nitrogens is 1. The van der Waals surface area contributed by atoms with Gasteiger partial charge >= 0.3 is 6.18 Å². The number of hydrogen-bond donors (Lipinski definition) is 0. The molecule has 1 heterocycles. The van der Waals surface area contributed by atoms with Gasteiger partial charge < -0.3 is 4.74 Å². The Morgan fingerprint density at radius 2 is 1.63 bits per heavy atom. The van der Waals surface area contributed by atoms with Crippen LogP contribution in [0.25, 0.3) is 22.0 Å². The predicted molar refractivity (Wildman–Crippen MR) is 130 cm³/mol. The van der Waals surface area contributed by atoms with E-state index in [0.29, 0.717) is 34.4 Å². The van der Waals surface area contributed by atoms with Crippen molar-refractivity contribution >= 4 is 20.7 Å². The zero-order valence-corrected chi connectivity index (χ0v) is 20.1. The summed E-state index contributed by atoms with van der Waals surface area (Å²) in [6.07, 6.45) is -1.74. The molecule has 0 aliphatic rings. The van der Waals surface area contributed by atoms with Gasteiger partial charge in [-0.2, -0.15) is 13.2 Å². The first-order valence-electron chi connectivity index (χ1n) is 11.2. The second-order valence-electron chi connectivity index (χ2n) is 8.29. The molecule has 3 aromatic carbocycles. The van der Waals surface area contributed by atoms with Gasteiger partial charge in [0.15, 0.2) is 9.84 Å². The first kappa shape index (κ1) is 24.7. The fourth-order valence-electron chi connectivity index (χ4n) is 3.97. The van der Waals surface area contributed by atoms with Crippen LogP contribution in [0, 0.1) is 6.92 Å². The van der Waals surface area contributed by atoms with Crippen molar-refractivity contribution in [2.24, 2.45) is 0 Å². The molecule has 4 aromatic rings. The molecule has 4 nitrogen and oxygen atoms in total. The maximum Gasteiger partial charge on any atom is 0.418 e. The molecule has 0 aliphatic carbocycles. The zero-order chi connectivity index (χ0) is 25.2. The maximum atomic E-state index is 13.5. The highest BCUT2D eigenvalue weighted by Crippen LogP contribution is 2.39. The van der Waals surface area contributed by atoms with Gasteiger partial charge in [0.05, 0.1) is 21.7 Å². The number of rotatable bonds is 7. The van der Waals surface area contributed by atoms with E-state index in [1.54, 1.807) is 55.5 Å². The first-order chi connectivity index (χ1) is 16.6. The van der Waals surface area contributed by atoms with Gasteiger partial charge in [-0.25, -0.2) is 8.42 Å². The predicted octanol–water partition coefficient (Wildman–Crippen LogP) is 7.60. The van der Waals surface area contributed by atoms with Crippen LogP contribution >= 0.6 is 0 Å². The number of pyridine rings is 1. The summed E-state index contributed by atoms with van der Waals surface area (Å²) >= 11 is 0. The lowest BCUT2D eigenvalue weighted by Crippen LogP contribution is -2.07. The molecule has 0 bridgehead atoms. The van der Waals surface area contributed by atoms with Crippen molar-refractivity contribution in [1.82, 2.24) is 4.98 Å². The molecule has 0 radical (unpaired) electrons. The molecular weight excluding hydrogens is 475 g/mol. The van der Waals surface area contributed by atoms with Gasteiger partial charge in [-0.15, -0.1) is 0 Å². The number of fused-ring (bicyclic) bond motifs is 1. The Bertz CT molecular complexity index is 1480. The van der Waals surface area contributed by atoms with Crippen molar-refractivity contribution in [2.45, 2.75) is 37.8 Å². The Hall–Kier alpha value is -3.39. The molecule has 0 spiro atoms. The number of ether oxygens (including phenoxy) is 1. The van der Waals surface area contributed by atoms with Crippen molar-refractivity contribution in [3.05, 3.63) is 84.1 Å². The second kappa shape index (κ2) is 9.70. The molecule has 0 unspecified atom stereocenters. The average Bonchev–Trinajstić information content (AvgIpc) is 2.82. The van der Waals surface area contributed by atoms with Crippen LogP contribution < -0.4 is 4.74 Å². The molecule has 0 atom stereocenters. The van der Waals surface area contributed by atoms with Gasteiger partial charge in [0.1, 0.15) is 11.5 Å². The second-order valence-corrected chi connectivity index (χ2v) is 10.4. The molecule has 35 heavy (non-hydrogen) atoms. The van der Waals surface area contributed by atoms with Crippen LogP contribution in [0.4, 0.5) is 13.2 Å². The summed E-state index contributed by atoms with van der Waals surface area (Å²) in [5, 5.41) is 0.390. The highest BCUT2D eigenvalue weighted by molar-refractivity contribution is 7.91. The summed E-state index contributed by atoms with van der Waals surface area (Å²) in [4.78, 5) is 4.26. The van der Waals surface area contributed by atoms with E-state index in [9.17, 15) is 21.6 Å². The van der Waals surface area contributed by atoms with E-state index in [-0.39, 0.29) is 16.2 Å². The van der Waals surface area contributed by atoms with Gasteiger partial charge in [-0.05, 0) is 66.4 Å². The van der Waals surface area contributed by atoms with E-state index in [1.807, 2.05) is 6.92 Å². The van der Waals surface area contributed by atoms with Gasteiger partial charge in [-0.3, -0.25) is 4.98 Å². The minimum absolute atomic E-state index is 0.0662. The summed E-state index contributed by atoms with van der Waals surface area (Å²) in [5.41, 5.74) is 1.11. The number of benzene rings is 3. The van der Waals surface area contributed by atoms with Crippen molar-refractivity contribution in [1.29, 1.82) is 0 Å². The molecule has 0 saturated heterocycles. The smallest absolute Gasteiger partial charge is 0.418 e. The monoisotopic (exact) mass is 499 g/mol. The number of sulfone groups is 1. The molecule has 182 valence electrons. The lowest BCUT2D eigenvalue weighted by Gasteiger charge is -2.15. The number of para-hydroxylation sites is 1. The summed E-state index contributed by atoms with van der Waals surface area (Å²) in [6.45, 7) is 3.72. The topological polar surface area (TPSA) is 56.3 Å². The largest absolute Gasteiger partial charge is 0.457 e. The van der Waals surface area contributed by atoms with Crippen molar-refractivity contribution in [2.75, 3.05) is 5.75 Å². The van der Waals surface area contributed by atoms with E-state index in [4.69, 9.17) is 4.74 Å². The lowest BCUT2D eigenvalue weighted by atomic mass is 9.95. The van der Waals surface area contributed by atoms with Gasteiger partial charge in [0.2, 0.25) is 0 Å². The Morgan fingerprint density at radius 1 is 0.943 bits per heavy atom. The number of hydrogen-bond acceptors (Lipinski definition) is 4. The van der Waals surface area contributed by atoms with Crippen LogP contribution in [-0.4, -0.2) is 19.2 Å². The molecule has 0 fully saturated rings. The molecule has 0 aliphatic heterocycles. The van der Waals surface area contributed by atoms with Crippen LogP contribution in [0.1, 0.15) is 30.9 Å². The maximum absolute atomic E-state index is 13.5. The third kappa shape index (κ3) is 5.32. The zero-order valence-electron chi connectivity index (χ0n) is 19.3. The first-order valence-corrected chi connectivity index (χ1v) is 12.8. The number of halogens is 3. The van der Waals surface area contributed by atoms with Crippen LogP contribution in [-0.2, 0) is 16.0 Å². The summed E-state index contributed by atoms with van der Waals surface area (Å²) < 4.78 is 71.7. The normalized spacial score (nSPS) is 12.1. The van der Waals surface area contributed by atoms with E-state index in [0.717, 1.165) is 18.1 Å². The van der Waals surface area contributed by atoms with Gasteiger partial charge in [0.25, 0.3) is 0 Å². The number of alkyl halides is 3. The summed E-state index contributed by atoms with van der Waals surface area (Å²) in [7, 11) is -3.41. The Morgan fingerprint density at radius 3 is 2.34 bits per heavy atom. The molecule has 0 saturated carbocycles. The Kier molecular flexibility index (Phi) is 6.85. The molecule has 0 amide bonds. The van der Waals surface area contributed by atoms with E-state index in [2.05, 4.69) is 4.98 Å². The molecule has 4 rings (SSSR count). The minimum atomic E-state index is -4.52. The third-order valence-corrected chi connectivity index (χ3v) is 7.48. The van der Waals surface area contributed by atoms with Crippen molar-refractivity contribution < 1.29 is 26.3 Å². The van der Waals surface area contributed by atoms with Crippen molar-refractivity contribution in [3.8, 4) is 22.6 Å². The van der Waals surface area contributed by atoms with E-state index >= 15 is 0 Å². The fraction of sp³-hybridized carbons (Fsp3) is 0.222. The van der Waals surface area contributed by atoms with Crippen molar-refractivity contribution in [3.63, 3.8) is 0 Å². The highest BCUT2D eigenvalue weighted by Gasteiger charge is 2.33. The molecule has 0 N–H and O–H groups in total. The quantitative estimate of drug-likeness (QED) is 0.263. The number of nitrogens with zero attached hydrogens (tertiary/aromatic N) is 1. The lowest BCUT2D eigenvalue weighted by molar-refractivity contribution is -0.136. The Labute approximate surface area is 202 Å². The SMILES string of the molecule is CCCCS(=O)(=O)c1cccc(Oc2cccc(-c3c(C)cnc4c(C(F)(F)F)cccc34)c2)c1. The average molecular weight is 500 g/mol. The summed E-state index contributed by atoms with van der Waals surface area (Å²) in [5.74, 6) is 0.855. The van der Waals surface area contributed by atoms with E-state index in [1.165, 1.54) is 18.3 Å². The van der Waals surface area contributed by atoms with Crippen LogP contribution in [0.3, 0.4) is 0 Å². The Balaban J connectivity index is 1.72. The number of aryl methyl sites for hydroxylation is 1. The van der Waals surface area contributed by atoms with E-state index < -0.39 is 21.6 Å². The highest BCUT2D eigenvalue weighted by atomic mass is 32.2. The summed E-state index contributed by atoms with van der Waals surface area (Å²) in [6, 6.07) is 17.3. The van der Waals surface area contributed by atoms with Gasteiger partial charge in [0, 0.05) is 11.6 Å². The fourth-order valence-corrected chi connectivity index (χ4v) is 5.46. The standard InChI is InChI=1S/C27H24F3NO3S/c1-3-4-14-35(32,33)22-11-6-10-21(16-22)34-20-9-5-8-19(15-20)25-18(2)17-31-26-23(25)12-7-13-24(26)27(28,29)30/h5-13,15-17H,3-4,14H2,1-2H3. The van der Waals surface area contributed by atoms with Crippen LogP contribution in [0.2, 0.25) is 0 Å². The minimum Gasteiger partial charge on any atom is -0.457 e. The molecular formula is C27H24F3NO3S. The van der Waals surface area contributed by atoms with Gasteiger partial charge in [-0.1, -0.05) is 43.7 Å². The van der Waals surface area contributed by atoms with Crippen LogP contribution in [0.15, 0.2) is 77.8 Å².